The number of ether oxygens (including phenoxy) is 1. The predicted octanol–water partition coefficient (Wildman–Crippen LogP) is 4.75. The maximum Gasteiger partial charge on any atom is 0.242 e. The standard InChI is InChI=1S/C21H22N2O2S2/c1-3-16-13-26-21(22-15-8-10-17(25-2)11-9-15)23(16)20(24)19-12-14-6-4-5-7-18(14)27-19/h4-11,16,19H,3,12-13H2,1-2H3. The van der Waals surface area contributed by atoms with Crippen molar-refractivity contribution in [2.24, 2.45) is 4.99 Å². The number of carbonyl (C=O) groups excluding carboxylic acids is 1. The first-order valence-electron chi connectivity index (χ1n) is 9.12. The highest BCUT2D eigenvalue weighted by molar-refractivity contribution is 8.14. The third kappa shape index (κ3) is 3.73. The maximum absolute atomic E-state index is 13.4. The molecule has 4 nitrogen and oxygen atoms in total. The minimum atomic E-state index is -0.0591. The molecule has 27 heavy (non-hydrogen) atoms. The highest BCUT2D eigenvalue weighted by atomic mass is 32.2. The molecular formula is C21H22N2O2S2. The van der Waals surface area contributed by atoms with Gasteiger partial charge in [-0.25, -0.2) is 4.99 Å². The van der Waals surface area contributed by atoms with E-state index in [9.17, 15) is 4.79 Å². The lowest BCUT2D eigenvalue weighted by Gasteiger charge is -2.25. The Morgan fingerprint density at radius 1 is 1.22 bits per heavy atom. The van der Waals surface area contributed by atoms with Crippen LogP contribution in [0, 0.1) is 0 Å². The van der Waals surface area contributed by atoms with Gasteiger partial charge in [-0.3, -0.25) is 9.69 Å². The summed E-state index contributed by atoms with van der Waals surface area (Å²) in [6, 6.07) is 16.2. The number of amidine groups is 1. The molecule has 0 saturated carbocycles. The average molecular weight is 399 g/mol. The average Bonchev–Trinajstić information content (AvgIpc) is 3.32. The van der Waals surface area contributed by atoms with E-state index >= 15 is 0 Å². The normalized spacial score (nSPS) is 22.9. The highest BCUT2D eigenvalue weighted by Gasteiger charge is 2.39. The molecule has 1 saturated heterocycles. The van der Waals surface area contributed by atoms with Crippen LogP contribution in [0.2, 0.25) is 0 Å². The number of amides is 1. The first kappa shape index (κ1) is 18.4. The van der Waals surface area contributed by atoms with Crippen molar-refractivity contribution in [1.29, 1.82) is 0 Å². The van der Waals surface area contributed by atoms with Crippen LogP contribution in [0.15, 0.2) is 58.4 Å². The van der Waals surface area contributed by atoms with Crippen molar-refractivity contribution >= 4 is 40.3 Å². The second-order valence-corrected chi connectivity index (χ2v) is 8.82. The number of fused-ring (bicyclic) bond motifs is 1. The largest absolute Gasteiger partial charge is 0.497 e. The van der Waals surface area contributed by atoms with E-state index in [0.29, 0.717) is 0 Å². The maximum atomic E-state index is 13.4. The fourth-order valence-corrected chi connectivity index (χ4v) is 5.89. The van der Waals surface area contributed by atoms with Crippen LogP contribution in [0.25, 0.3) is 0 Å². The zero-order valence-corrected chi connectivity index (χ0v) is 17.1. The molecule has 0 radical (unpaired) electrons. The Labute approximate surface area is 168 Å². The number of aliphatic imine (C=N–C) groups is 1. The molecule has 2 aliphatic heterocycles. The number of thioether (sulfide) groups is 2. The monoisotopic (exact) mass is 398 g/mol. The van der Waals surface area contributed by atoms with Crippen molar-refractivity contribution in [3.05, 3.63) is 54.1 Å². The fourth-order valence-electron chi connectivity index (χ4n) is 3.37. The third-order valence-corrected chi connectivity index (χ3v) is 7.31. The highest BCUT2D eigenvalue weighted by Crippen LogP contribution is 2.40. The zero-order chi connectivity index (χ0) is 18.8. The molecule has 2 unspecified atom stereocenters. The zero-order valence-electron chi connectivity index (χ0n) is 15.4. The predicted molar refractivity (Wildman–Crippen MR) is 113 cm³/mol. The molecule has 140 valence electrons. The lowest BCUT2D eigenvalue weighted by atomic mass is 10.1. The molecule has 0 N–H and O–H groups in total. The number of methoxy groups -OCH3 is 1. The lowest BCUT2D eigenvalue weighted by molar-refractivity contribution is -0.127. The van der Waals surface area contributed by atoms with Crippen LogP contribution < -0.4 is 4.74 Å². The quantitative estimate of drug-likeness (QED) is 0.745. The molecule has 1 amide bonds. The Bertz CT molecular complexity index is 842. The van der Waals surface area contributed by atoms with E-state index in [1.54, 1.807) is 30.6 Å². The Morgan fingerprint density at radius 3 is 2.70 bits per heavy atom. The van der Waals surface area contributed by atoms with Crippen LogP contribution in [0.1, 0.15) is 18.9 Å². The Kier molecular flexibility index (Phi) is 5.45. The number of benzene rings is 2. The van der Waals surface area contributed by atoms with E-state index in [1.165, 1.54) is 10.5 Å². The van der Waals surface area contributed by atoms with Gasteiger partial charge in [0.2, 0.25) is 5.91 Å². The van der Waals surface area contributed by atoms with Gasteiger partial charge >= 0.3 is 0 Å². The van der Waals surface area contributed by atoms with E-state index in [1.807, 2.05) is 41.3 Å². The molecule has 2 atom stereocenters. The van der Waals surface area contributed by atoms with Gasteiger partial charge in [0, 0.05) is 16.7 Å². The third-order valence-electron chi connectivity index (χ3n) is 4.90. The summed E-state index contributed by atoms with van der Waals surface area (Å²) in [4.78, 5) is 21.3. The fraction of sp³-hybridized carbons (Fsp3) is 0.333. The van der Waals surface area contributed by atoms with Gasteiger partial charge in [-0.05, 0) is 48.7 Å². The summed E-state index contributed by atoms with van der Waals surface area (Å²) in [6.07, 6.45) is 1.73. The number of nitrogens with zero attached hydrogens (tertiary/aromatic N) is 2. The molecule has 0 aliphatic carbocycles. The van der Waals surface area contributed by atoms with Crippen LogP contribution in [0.4, 0.5) is 5.69 Å². The van der Waals surface area contributed by atoms with Gasteiger partial charge in [-0.15, -0.1) is 11.8 Å². The minimum absolute atomic E-state index is 0.0591. The van der Waals surface area contributed by atoms with E-state index in [4.69, 9.17) is 9.73 Å². The van der Waals surface area contributed by atoms with Crippen LogP contribution in [-0.4, -0.2) is 40.1 Å². The van der Waals surface area contributed by atoms with Crippen molar-refractivity contribution in [2.75, 3.05) is 12.9 Å². The van der Waals surface area contributed by atoms with Crippen molar-refractivity contribution in [3.63, 3.8) is 0 Å². The molecular weight excluding hydrogens is 376 g/mol. The van der Waals surface area contributed by atoms with Gasteiger partial charge in [0.15, 0.2) is 5.17 Å². The molecule has 1 fully saturated rings. The minimum Gasteiger partial charge on any atom is -0.497 e. The van der Waals surface area contributed by atoms with E-state index in [2.05, 4.69) is 19.1 Å². The topological polar surface area (TPSA) is 41.9 Å². The van der Waals surface area contributed by atoms with Gasteiger partial charge < -0.3 is 4.74 Å². The van der Waals surface area contributed by atoms with Crippen molar-refractivity contribution in [2.45, 2.75) is 36.0 Å². The summed E-state index contributed by atoms with van der Waals surface area (Å²) in [5.74, 6) is 1.89. The number of hydrogen-bond donors (Lipinski definition) is 0. The summed E-state index contributed by atoms with van der Waals surface area (Å²) in [5.41, 5.74) is 2.12. The summed E-state index contributed by atoms with van der Waals surface area (Å²) < 4.78 is 5.21. The Hall–Kier alpha value is -1.92. The molecule has 2 aliphatic rings. The molecule has 2 aromatic carbocycles. The Balaban J connectivity index is 1.57. The summed E-state index contributed by atoms with van der Waals surface area (Å²) in [5, 5.41) is 0.754. The molecule has 2 aromatic rings. The van der Waals surface area contributed by atoms with Gasteiger partial charge in [-0.1, -0.05) is 36.9 Å². The van der Waals surface area contributed by atoms with E-state index in [0.717, 1.165) is 35.2 Å². The SMILES string of the molecule is CCC1CSC(=Nc2ccc(OC)cc2)N1C(=O)C1Cc2ccccc2S1. The van der Waals surface area contributed by atoms with Gasteiger partial charge in [-0.2, -0.15) is 0 Å². The summed E-state index contributed by atoms with van der Waals surface area (Å²) in [6.45, 7) is 2.14. The van der Waals surface area contributed by atoms with E-state index < -0.39 is 0 Å². The first-order valence-corrected chi connectivity index (χ1v) is 11.0. The smallest absolute Gasteiger partial charge is 0.242 e. The molecule has 0 aromatic heterocycles. The van der Waals surface area contributed by atoms with Gasteiger partial charge in [0.1, 0.15) is 5.75 Å². The molecule has 2 heterocycles. The van der Waals surface area contributed by atoms with Crippen LogP contribution in [0.5, 0.6) is 5.75 Å². The van der Waals surface area contributed by atoms with Crippen molar-refractivity contribution in [3.8, 4) is 5.75 Å². The summed E-state index contributed by atoms with van der Waals surface area (Å²) in [7, 11) is 1.65. The molecule has 0 spiro atoms. The molecule has 4 rings (SSSR count). The Morgan fingerprint density at radius 2 is 2.00 bits per heavy atom. The van der Waals surface area contributed by atoms with Crippen LogP contribution in [0.3, 0.4) is 0 Å². The second kappa shape index (κ2) is 7.98. The number of rotatable bonds is 4. The number of hydrogen-bond acceptors (Lipinski definition) is 5. The van der Waals surface area contributed by atoms with Crippen molar-refractivity contribution in [1.82, 2.24) is 4.90 Å². The lowest BCUT2D eigenvalue weighted by Crippen LogP contribution is -2.43. The van der Waals surface area contributed by atoms with Gasteiger partial charge in [0.25, 0.3) is 0 Å². The summed E-state index contributed by atoms with van der Waals surface area (Å²) >= 11 is 3.36. The van der Waals surface area contributed by atoms with Crippen molar-refractivity contribution < 1.29 is 9.53 Å². The van der Waals surface area contributed by atoms with E-state index in [-0.39, 0.29) is 17.2 Å². The van der Waals surface area contributed by atoms with Gasteiger partial charge in [0.05, 0.1) is 18.0 Å². The van der Waals surface area contributed by atoms with Crippen LogP contribution >= 0.6 is 23.5 Å². The van der Waals surface area contributed by atoms with Crippen LogP contribution in [-0.2, 0) is 11.2 Å². The number of carbonyl (C=O) groups is 1. The first-order chi connectivity index (χ1) is 13.2. The molecule has 0 bridgehead atoms. The molecule has 6 heteroatoms. The second-order valence-electron chi connectivity index (χ2n) is 6.59.